The fraction of sp³-hybridized carbons (Fsp3) is 0.143. The summed E-state index contributed by atoms with van der Waals surface area (Å²) in [4.78, 5) is 12.8. The number of allylic oxidation sites excluding steroid dienone is 1. The SMILES string of the molecule is Cc1ccc([C@@H]2C(C#N)=C(N)Oc3c2c(=O)oc2ccccc32)c(C)c1. The highest BCUT2D eigenvalue weighted by molar-refractivity contribution is 5.86. The van der Waals surface area contributed by atoms with Crippen LogP contribution in [0.2, 0.25) is 0 Å². The van der Waals surface area contributed by atoms with Crippen LogP contribution in [0.1, 0.15) is 28.2 Å². The summed E-state index contributed by atoms with van der Waals surface area (Å²) in [6.45, 7) is 3.94. The number of nitriles is 1. The first-order valence-corrected chi connectivity index (χ1v) is 8.21. The Morgan fingerprint density at radius 2 is 1.92 bits per heavy atom. The Bertz CT molecular complexity index is 1180. The van der Waals surface area contributed by atoms with E-state index in [-0.39, 0.29) is 11.5 Å². The summed E-state index contributed by atoms with van der Waals surface area (Å²) in [5, 5.41) is 10.3. The van der Waals surface area contributed by atoms with Crippen LogP contribution in [0.15, 0.2) is 63.1 Å². The molecule has 0 aliphatic carbocycles. The van der Waals surface area contributed by atoms with Crippen LogP contribution in [0.5, 0.6) is 5.75 Å². The zero-order chi connectivity index (χ0) is 18.4. The van der Waals surface area contributed by atoms with Crippen molar-refractivity contribution in [1.82, 2.24) is 0 Å². The van der Waals surface area contributed by atoms with Crippen LogP contribution < -0.4 is 16.1 Å². The smallest absolute Gasteiger partial charge is 0.344 e. The van der Waals surface area contributed by atoms with Crippen LogP contribution in [0, 0.1) is 25.2 Å². The third-order valence-electron chi connectivity index (χ3n) is 4.71. The van der Waals surface area contributed by atoms with Gasteiger partial charge in [-0.05, 0) is 37.1 Å². The van der Waals surface area contributed by atoms with E-state index in [1.807, 2.05) is 38.1 Å². The molecule has 0 amide bonds. The number of hydrogen-bond acceptors (Lipinski definition) is 5. The molecule has 0 saturated carbocycles. The first-order chi connectivity index (χ1) is 12.5. The molecule has 128 valence electrons. The summed E-state index contributed by atoms with van der Waals surface area (Å²) < 4.78 is 11.2. The number of aryl methyl sites for hydroxylation is 2. The van der Waals surface area contributed by atoms with Gasteiger partial charge in [0.25, 0.3) is 0 Å². The van der Waals surface area contributed by atoms with Gasteiger partial charge in [-0.2, -0.15) is 5.26 Å². The quantitative estimate of drug-likeness (QED) is 0.681. The number of rotatable bonds is 1. The van der Waals surface area contributed by atoms with Gasteiger partial charge >= 0.3 is 5.63 Å². The van der Waals surface area contributed by atoms with Crippen molar-refractivity contribution < 1.29 is 9.15 Å². The van der Waals surface area contributed by atoms with Crippen LogP contribution in [0.4, 0.5) is 0 Å². The highest BCUT2D eigenvalue weighted by Gasteiger charge is 2.36. The van der Waals surface area contributed by atoms with Gasteiger partial charge in [-0.1, -0.05) is 35.9 Å². The molecule has 0 spiro atoms. The lowest BCUT2D eigenvalue weighted by atomic mass is 9.81. The number of nitrogens with two attached hydrogens (primary N) is 1. The zero-order valence-corrected chi connectivity index (χ0v) is 14.4. The van der Waals surface area contributed by atoms with E-state index in [1.165, 1.54) is 0 Å². The second-order valence-corrected chi connectivity index (χ2v) is 6.41. The molecule has 0 saturated heterocycles. The molecule has 1 atom stereocenters. The van der Waals surface area contributed by atoms with Gasteiger partial charge in [0, 0.05) is 0 Å². The van der Waals surface area contributed by atoms with Crippen LogP contribution in [-0.2, 0) is 0 Å². The highest BCUT2D eigenvalue weighted by Crippen LogP contribution is 2.44. The van der Waals surface area contributed by atoms with Crippen molar-refractivity contribution in [3.8, 4) is 11.8 Å². The minimum absolute atomic E-state index is 0.0146. The largest absolute Gasteiger partial charge is 0.439 e. The average Bonchev–Trinajstić information content (AvgIpc) is 2.61. The lowest BCUT2D eigenvalue weighted by Gasteiger charge is -2.27. The van der Waals surface area contributed by atoms with E-state index >= 15 is 0 Å². The van der Waals surface area contributed by atoms with Crippen molar-refractivity contribution in [1.29, 1.82) is 5.26 Å². The van der Waals surface area contributed by atoms with Gasteiger partial charge in [-0.3, -0.25) is 0 Å². The lowest BCUT2D eigenvalue weighted by molar-refractivity contribution is 0.388. The molecule has 2 heterocycles. The number of hydrogen-bond donors (Lipinski definition) is 1. The molecule has 2 N–H and O–H groups in total. The number of nitrogens with zero attached hydrogens (tertiary/aromatic N) is 1. The summed E-state index contributed by atoms with van der Waals surface area (Å²) in [5.74, 6) is -0.246. The van der Waals surface area contributed by atoms with Crippen LogP contribution >= 0.6 is 0 Å². The van der Waals surface area contributed by atoms with Crippen molar-refractivity contribution >= 4 is 11.0 Å². The van der Waals surface area contributed by atoms with Crippen LogP contribution in [0.25, 0.3) is 11.0 Å². The Morgan fingerprint density at radius 1 is 1.15 bits per heavy atom. The van der Waals surface area contributed by atoms with Gasteiger partial charge in [0.05, 0.1) is 16.9 Å². The van der Waals surface area contributed by atoms with E-state index in [2.05, 4.69) is 6.07 Å². The summed E-state index contributed by atoms with van der Waals surface area (Å²) in [6.07, 6.45) is 0. The van der Waals surface area contributed by atoms with Gasteiger partial charge in [0.15, 0.2) is 5.75 Å². The highest BCUT2D eigenvalue weighted by atomic mass is 16.5. The number of fused-ring (bicyclic) bond motifs is 3. The van der Waals surface area contributed by atoms with Crippen molar-refractivity contribution in [2.75, 3.05) is 0 Å². The second kappa shape index (κ2) is 5.78. The van der Waals surface area contributed by atoms with E-state index in [0.29, 0.717) is 22.3 Å². The molecule has 5 heteroatoms. The third-order valence-corrected chi connectivity index (χ3v) is 4.71. The standard InChI is InChI=1S/C21H16N2O3/c1-11-7-8-13(12(2)9-11)17-15(10-22)20(23)26-19-14-5-3-4-6-16(14)25-21(24)18(17)19/h3-9,17H,23H2,1-2H3/t17-/m1/s1. The fourth-order valence-corrected chi connectivity index (χ4v) is 3.53. The molecule has 4 rings (SSSR count). The lowest BCUT2D eigenvalue weighted by Crippen LogP contribution is -2.26. The van der Waals surface area contributed by atoms with Gasteiger partial charge in [-0.25, -0.2) is 4.79 Å². The summed E-state index contributed by atoms with van der Waals surface area (Å²) >= 11 is 0. The second-order valence-electron chi connectivity index (χ2n) is 6.41. The summed E-state index contributed by atoms with van der Waals surface area (Å²) in [6, 6.07) is 15.1. The Kier molecular flexibility index (Phi) is 3.55. The Balaban J connectivity index is 2.10. The topological polar surface area (TPSA) is 89.3 Å². The first kappa shape index (κ1) is 16.0. The maximum atomic E-state index is 12.8. The van der Waals surface area contributed by atoms with E-state index in [1.54, 1.807) is 18.2 Å². The molecule has 2 aromatic carbocycles. The van der Waals surface area contributed by atoms with Crippen LogP contribution in [0.3, 0.4) is 0 Å². The number of ether oxygens (including phenoxy) is 1. The Labute approximate surface area is 149 Å². The number of para-hydroxylation sites is 1. The van der Waals surface area contributed by atoms with E-state index in [4.69, 9.17) is 14.9 Å². The molecule has 26 heavy (non-hydrogen) atoms. The molecule has 0 unspecified atom stereocenters. The van der Waals surface area contributed by atoms with Gasteiger partial charge < -0.3 is 14.9 Å². The zero-order valence-electron chi connectivity index (χ0n) is 14.4. The summed E-state index contributed by atoms with van der Waals surface area (Å²) in [7, 11) is 0. The molecular formula is C21H16N2O3. The predicted octanol–water partition coefficient (Wildman–Crippen LogP) is 3.63. The molecule has 1 aliphatic rings. The first-order valence-electron chi connectivity index (χ1n) is 8.21. The minimum atomic E-state index is -0.620. The molecule has 1 aromatic heterocycles. The molecular weight excluding hydrogens is 328 g/mol. The van der Waals surface area contributed by atoms with Crippen molar-refractivity contribution in [2.24, 2.45) is 5.73 Å². The van der Waals surface area contributed by atoms with Gasteiger partial charge in [-0.15, -0.1) is 0 Å². The minimum Gasteiger partial charge on any atom is -0.439 e. The Morgan fingerprint density at radius 3 is 2.65 bits per heavy atom. The molecule has 1 aliphatic heterocycles. The monoisotopic (exact) mass is 344 g/mol. The Hall–Kier alpha value is -3.52. The maximum absolute atomic E-state index is 12.8. The summed E-state index contributed by atoms with van der Waals surface area (Å²) in [5.41, 5.74) is 9.37. The molecule has 0 fully saturated rings. The van der Waals surface area contributed by atoms with Crippen molar-refractivity contribution in [2.45, 2.75) is 19.8 Å². The van der Waals surface area contributed by atoms with Crippen molar-refractivity contribution in [3.63, 3.8) is 0 Å². The fourth-order valence-electron chi connectivity index (χ4n) is 3.53. The molecule has 0 bridgehead atoms. The molecule has 5 nitrogen and oxygen atoms in total. The van der Waals surface area contributed by atoms with E-state index in [0.717, 1.165) is 16.7 Å². The maximum Gasteiger partial charge on any atom is 0.344 e. The van der Waals surface area contributed by atoms with Gasteiger partial charge in [0.1, 0.15) is 17.2 Å². The molecule has 0 radical (unpaired) electrons. The van der Waals surface area contributed by atoms with Crippen LogP contribution in [-0.4, -0.2) is 0 Å². The average molecular weight is 344 g/mol. The van der Waals surface area contributed by atoms with Crippen molar-refractivity contribution in [3.05, 3.63) is 86.6 Å². The third kappa shape index (κ3) is 2.27. The van der Waals surface area contributed by atoms with E-state index in [9.17, 15) is 10.1 Å². The van der Waals surface area contributed by atoms with E-state index < -0.39 is 11.5 Å². The number of benzene rings is 2. The van der Waals surface area contributed by atoms with Gasteiger partial charge in [0.2, 0.25) is 5.88 Å². The normalized spacial score (nSPS) is 16.1. The molecule has 3 aromatic rings. The predicted molar refractivity (Wildman–Crippen MR) is 97.7 cm³/mol.